The lowest BCUT2D eigenvalue weighted by molar-refractivity contribution is -0.126. The molecule has 2 aromatic rings. The second-order valence-electron chi connectivity index (χ2n) is 7.04. The van der Waals surface area contributed by atoms with Gasteiger partial charge in [-0.15, -0.1) is 0 Å². The fourth-order valence-corrected chi connectivity index (χ4v) is 3.80. The van der Waals surface area contributed by atoms with E-state index in [0.717, 1.165) is 43.8 Å². The molecule has 1 aliphatic rings. The Labute approximate surface area is 177 Å². The first-order valence-corrected chi connectivity index (χ1v) is 10.4. The number of aryl methyl sites for hydroxylation is 2. The second kappa shape index (κ2) is 11.0. The van der Waals surface area contributed by atoms with Crippen LogP contribution in [0.5, 0.6) is 0 Å². The average molecular weight is 414 g/mol. The van der Waals surface area contributed by atoms with E-state index < -0.39 is 0 Å². The molecule has 0 saturated heterocycles. The number of nitrogens with one attached hydrogen (secondary N) is 2. The predicted octanol–water partition coefficient (Wildman–Crippen LogP) is 4.18. The Bertz CT molecular complexity index is 854. The lowest BCUT2D eigenvalue weighted by atomic mass is 10.0. The van der Waals surface area contributed by atoms with Crippen molar-refractivity contribution < 1.29 is 9.63 Å². The van der Waals surface area contributed by atoms with Gasteiger partial charge in [0.1, 0.15) is 0 Å². The lowest BCUT2D eigenvalue weighted by Crippen LogP contribution is -2.22. The normalized spacial score (nSPS) is 13.1. The molecular formula is C23H28ClN3O2. The second-order valence-corrected chi connectivity index (χ2v) is 7.47. The fraction of sp³-hybridized carbons (Fsp3) is 0.348. The fourth-order valence-electron chi connectivity index (χ4n) is 3.63. The largest absolute Gasteiger partial charge is 0.341 e. The molecule has 0 aliphatic carbocycles. The molecule has 1 amide bonds. The Hall–Kier alpha value is -2.34. The summed E-state index contributed by atoms with van der Waals surface area (Å²) >= 11 is 6.32. The van der Waals surface area contributed by atoms with E-state index in [1.54, 1.807) is 6.08 Å². The molecular weight excluding hydrogens is 386 g/mol. The van der Waals surface area contributed by atoms with Crippen molar-refractivity contribution in [2.45, 2.75) is 25.7 Å². The molecule has 29 heavy (non-hydrogen) atoms. The summed E-state index contributed by atoms with van der Waals surface area (Å²) in [5.74, 6) is -0.258. The Morgan fingerprint density at radius 2 is 1.93 bits per heavy atom. The van der Waals surface area contributed by atoms with Gasteiger partial charge in [0.2, 0.25) is 0 Å². The van der Waals surface area contributed by atoms with Crippen LogP contribution in [0.25, 0.3) is 0 Å². The van der Waals surface area contributed by atoms with Crippen LogP contribution < -0.4 is 15.7 Å². The van der Waals surface area contributed by atoms with Crippen LogP contribution in [0.4, 0.5) is 11.4 Å². The number of nitrogens with zero attached hydrogens (tertiary/aromatic N) is 1. The average Bonchev–Trinajstić information content (AvgIpc) is 2.87. The topological polar surface area (TPSA) is 53.6 Å². The van der Waals surface area contributed by atoms with Crippen molar-refractivity contribution in [3.63, 3.8) is 0 Å². The number of amides is 1. The Balaban J connectivity index is 1.55. The number of hydrogen-bond acceptors (Lipinski definition) is 4. The summed E-state index contributed by atoms with van der Waals surface area (Å²) in [6.45, 7) is 2.49. The van der Waals surface area contributed by atoms with Gasteiger partial charge in [0, 0.05) is 35.6 Å². The van der Waals surface area contributed by atoms with Gasteiger partial charge < -0.3 is 10.2 Å². The number of rotatable bonds is 9. The van der Waals surface area contributed by atoms with Gasteiger partial charge in [0.05, 0.1) is 7.11 Å². The van der Waals surface area contributed by atoms with Gasteiger partial charge in [-0.1, -0.05) is 41.9 Å². The third-order valence-electron chi connectivity index (χ3n) is 5.00. The molecule has 0 atom stereocenters. The number of fused-ring (bicyclic) bond motifs is 2. The van der Waals surface area contributed by atoms with E-state index >= 15 is 0 Å². The summed E-state index contributed by atoms with van der Waals surface area (Å²) in [7, 11) is 1.42. The summed E-state index contributed by atoms with van der Waals surface area (Å²) < 4.78 is 0. The molecule has 1 heterocycles. The van der Waals surface area contributed by atoms with Crippen LogP contribution in [0, 0.1) is 0 Å². The number of halogens is 1. The molecule has 0 spiro atoms. The first kappa shape index (κ1) is 21.4. The lowest BCUT2D eigenvalue weighted by Gasteiger charge is -2.27. The molecule has 0 bridgehead atoms. The zero-order valence-electron chi connectivity index (χ0n) is 16.8. The number of para-hydroxylation sites is 1. The predicted molar refractivity (Wildman–Crippen MR) is 119 cm³/mol. The maximum Gasteiger partial charge on any atom is 0.267 e. The molecule has 0 radical (unpaired) electrons. The Morgan fingerprint density at radius 1 is 1.14 bits per heavy atom. The molecule has 0 saturated carbocycles. The van der Waals surface area contributed by atoms with Gasteiger partial charge in [0.25, 0.3) is 5.91 Å². The van der Waals surface area contributed by atoms with Crippen LogP contribution in [-0.2, 0) is 22.5 Å². The number of carbonyl (C=O) groups is 1. The van der Waals surface area contributed by atoms with Crippen molar-refractivity contribution in [3.8, 4) is 0 Å². The summed E-state index contributed by atoms with van der Waals surface area (Å²) in [6.07, 6.45) is 7.44. The van der Waals surface area contributed by atoms with Crippen molar-refractivity contribution in [1.29, 1.82) is 0 Å². The Morgan fingerprint density at radius 3 is 2.76 bits per heavy atom. The van der Waals surface area contributed by atoms with E-state index in [9.17, 15) is 4.79 Å². The maximum atomic E-state index is 11.2. The van der Waals surface area contributed by atoms with Crippen LogP contribution in [0.2, 0.25) is 5.02 Å². The number of unbranched alkanes of at least 4 members (excludes halogenated alkanes) is 1. The number of carbonyl (C=O) groups excluding carboxylic acids is 1. The zero-order valence-corrected chi connectivity index (χ0v) is 17.5. The van der Waals surface area contributed by atoms with Gasteiger partial charge in [0.15, 0.2) is 0 Å². The van der Waals surface area contributed by atoms with Crippen LogP contribution >= 0.6 is 11.6 Å². The monoisotopic (exact) mass is 413 g/mol. The van der Waals surface area contributed by atoms with Crippen molar-refractivity contribution in [3.05, 3.63) is 70.8 Å². The summed E-state index contributed by atoms with van der Waals surface area (Å²) in [5.41, 5.74) is 7.50. The van der Waals surface area contributed by atoms with Crippen LogP contribution in [0.3, 0.4) is 0 Å². The number of benzene rings is 2. The Kier molecular flexibility index (Phi) is 8.11. The third-order valence-corrected chi connectivity index (χ3v) is 5.24. The van der Waals surface area contributed by atoms with Crippen LogP contribution in [0.1, 0.15) is 24.0 Å². The molecule has 2 N–H and O–H groups in total. The van der Waals surface area contributed by atoms with Crippen LogP contribution in [-0.4, -0.2) is 32.7 Å². The summed E-state index contributed by atoms with van der Waals surface area (Å²) in [4.78, 5) is 18.2. The van der Waals surface area contributed by atoms with Gasteiger partial charge >= 0.3 is 0 Å². The molecule has 6 heteroatoms. The number of anilines is 2. The van der Waals surface area contributed by atoms with E-state index in [2.05, 4.69) is 56.9 Å². The summed E-state index contributed by atoms with van der Waals surface area (Å²) in [6, 6.07) is 14.9. The van der Waals surface area contributed by atoms with Gasteiger partial charge in [-0.3, -0.25) is 9.63 Å². The first-order valence-electron chi connectivity index (χ1n) is 10.0. The number of hydrogen-bond donors (Lipinski definition) is 2. The van der Waals surface area contributed by atoms with Gasteiger partial charge in [-0.2, -0.15) is 0 Å². The van der Waals surface area contributed by atoms with Gasteiger partial charge in [-0.05, 0) is 61.6 Å². The third kappa shape index (κ3) is 6.07. The highest BCUT2D eigenvalue weighted by Gasteiger charge is 2.20. The molecule has 0 unspecified atom stereocenters. The SMILES string of the molecule is CONC(=O)/C=C/CNCCCCN1c2ccccc2CCc2ccc(Cl)cc21. The van der Waals surface area contributed by atoms with E-state index in [1.807, 2.05) is 6.07 Å². The zero-order chi connectivity index (χ0) is 20.5. The quantitative estimate of drug-likeness (QED) is 0.368. The smallest absolute Gasteiger partial charge is 0.267 e. The highest BCUT2D eigenvalue weighted by atomic mass is 35.5. The van der Waals surface area contributed by atoms with E-state index in [0.29, 0.717) is 6.54 Å². The molecule has 154 valence electrons. The van der Waals surface area contributed by atoms with E-state index in [1.165, 1.54) is 35.7 Å². The van der Waals surface area contributed by atoms with Crippen LogP contribution in [0.15, 0.2) is 54.6 Å². The first-order chi connectivity index (χ1) is 14.2. The number of hydroxylamine groups is 1. The molecule has 0 fully saturated rings. The minimum atomic E-state index is -0.258. The minimum absolute atomic E-state index is 0.258. The molecule has 0 aromatic heterocycles. The van der Waals surface area contributed by atoms with Crippen molar-refractivity contribution in [1.82, 2.24) is 10.8 Å². The molecule has 2 aromatic carbocycles. The minimum Gasteiger partial charge on any atom is -0.341 e. The van der Waals surface area contributed by atoms with Crippen molar-refractivity contribution in [2.24, 2.45) is 0 Å². The molecule has 1 aliphatic heterocycles. The highest BCUT2D eigenvalue weighted by molar-refractivity contribution is 6.30. The maximum absolute atomic E-state index is 11.2. The van der Waals surface area contributed by atoms with Crippen molar-refractivity contribution >= 4 is 28.9 Å². The standard InChI is InChI=1S/C23H28ClN3O2/c1-29-26-23(28)9-6-15-25-14-4-5-16-27-21-8-3-2-7-18(21)10-11-19-12-13-20(24)17-22(19)27/h2-3,6-9,12-13,17,25H,4-5,10-11,14-16H2,1H3,(H,26,28)/b9-6+. The molecule has 5 nitrogen and oxygen atoms in total. The highest BCUT2D eigenvalue weighted by Crippen LogP contribution is 2.37. The van der Waals surface area contributed by atoms with E-state index in [4.69, 9.17) is 11.6 Å². The summed E-state index contributed by atoms with van der Waals surface area (Å²) in [5, 5.41) is 4.11. The van der Waals surface area contributed by atoms with Gasteiger partial charge in [-0.25, -0.2) is 5.48 Å². The van der Waals surface area contributed by atoms with E-state index in [-0.39, 0.29) is 5.91 Å². The van der Waals surface area contributed by atoms with Crippen molar-refractivity contribution in [2.75, 3.05) is 31.6 Å². The molecule has 3 rings (SSSR count).